The van der Waals surface area contributed by atoms with Gasteiger partial charge in [-0.2, -0.15) is 0 Å². The van der Waals surface area contributed by atoms with E-state index in [0.717, 1.165) is 37.0 Å². The Hall–Kier alpha value is -1.55. The molecule has 1 fully saturated rings. The van der Waals surface area contributed by atoms with Gasteiger partial charge in [-0.05, 0) is 75.9 Å². The van der Waals surface area contributed by atoms with Crippen LogP contribution in [0, 0.1) is 27.7 Å². The molecule has 0 saturated carbocycles. The van der Waals surface area contributed by atoms with Crippen LogP contribution in [0.15, 0.2) is 4.79 Å². The summed E-state index contributed by atoms with van der Waals surface area (Å²) in [6.45, 7) is 10.5. The van der Waals surface area contributed by atoms with Crippen molar-refractivity contribution < 1.29 is 0 Å². The second-order valence-corrected chi connectivity index (χ2v) is 6.00. The number of aromatic nitrogens is 2. The Morgan fingerprint density at radius 3 is 2.20 bits per heavy atom. The predicted octanol–water partition coefficient (Wildman–Crippen LogP) is 2.49. The second-order valence-electron chi connectivity index (χ2n) is 6.00. The average Bonchev–Trinajstić information content (AvgIpc) is 2.81. The standard InChI is InChI=1S/C16H23N3O/c1-9-10(2)12(4)15-14(11(9)3)18-16(20)19(15)13-5-7-17-8-6-13/h13,17H,5-8H2,1-4H3,(H,18,20). The number of piperidine rings is 1. The summed E-state index contributed by atoms with van der Waals surface area (Å²) in [5.41, 5.74) is 7.21. The maximum absolute atomic E-state index is 12.5. The van der Waals surface area contributed by atoms with Gasteiger partial charge in [0, 0.05) is 6.04 Å². The Labute approximate surface area is 119 Å². The molecule has 0 unspecified atom stereocenters. The minimum Gasteiger partial charge on any atom is -0.317 e. The molecule has 3 rings (SSSR count). The van der Waals surface area contributed by atoms with E-state index in [4.69, 9.17) is 0 Å². The number of benzene rings is 1. The van der Waals surface area contributed by atoms with E-state index < -0.39 is 0 Å². The van der Waals surface area contributed by atoms with Crippen molar-refractivity contribution in [2.75, 3.05) is 13.1 Å². The molecule has 1 aromatic heterocycles. The fourth-order valence-corrected chi connectivity index (χ4v) is 3.43. The maximum Gasteiger partial charge on any atom is 0.326 e. The van der Waals surface area contributed by atoms with Crippen LogP contribution >= 0.6 is 0 Å². The number of aromatic amines is 1. The molecule has 2 heterocycles. The SMILES string of the molecule is Cc1c(C)c(C)c2c([nH]c(=O)n2C2CCNCC2)c1C. The van der Waals surface area contributed by atoms with Crippen LogP contribution < -0.4 is 11.0 Å². The number of imidazole rings is 1. The summed E-state index contributed by atoms with van der Waals surface area (Å²) in [7, 11) is 0. The molecule has 1 aliphatic rings. The smallest absolute Gasteiger partial charge is 0.317 e. The van der Waals surface area contributed by atoms with Crippen molar-refractivity contribution in [3.8, 4) is 0 Å². The molecular formula is C16H23N3O. The van der Waals surface area contributed by atoms with E-state index in [1.807, 2.05) is 4.57 Å². The third kappa shape index (κ3) is 1.82. The molecule has 1 saturated heterocycles. The Kier molecular flexibility index (Phi) is 3.21. The van der Waals surface area contributed by atoms with E-state index in [2.05, 4.69) is 38.0 Å². The first-order valence-corrected chi connectivity index (χ1v) is 7.43. The van der Waals surface area contributed by atoms with E-state index in [9.17, 15) is 4.79 Å². The van der Waals surface area contributed by atoms with Crippen LogP contribution in [0.4, 0.5) is 0 Å². The van der Waals surface area contributed by atoms with Crippen molar-refractivity contribution in [3.05, 3.63) is 32.7 Å². The van der Waals surface area contributed by atoms with E-state index in [1.165, 1.54) is 22.3 Å². The first-order chi connectivity index (χ1) is 9.52. The Bertz CT molecular complexity index is 718. The highest BCUT2D eigenvalue weighted by atomic mass is 16.1. The number of nitrogens with zero attached hydrogens (tertiary/aromatic N) is 1. The van der Waals surface area contributed by atoms with Gasteiger partial charge in [-0.15, -0.1) is 0 Å². The highest BCUT2D eigenvalue weighted by molar-refractivity contribution is 5.85. The molecule has 4 heteroatoms. The number of fused-ring (bicyclic) bond motifs is 1. The molecule has 0 atom stereocenters. The van der Waals surface area contributed by atoms with Crippen molar-refractivity contribution >= 4 is 11.0 Å². The number of nitrogens with one attached hydrogen (secondary N) is 2. The lowest BCUT2D eigenvalue weighted by Gasteiger charge is -2.25. The van der Waals surface area contributed by atoms with Crippen LogP contribution in [0.1, 0.15) is 41.1 Å². The van der Waals surface area contributed by atoms with Gasteiger partial charge < -0.3 is 10.3 Å². The summed E-state index contributed by atoms with van der Waals surface area (Å²) < 4.78 is 2.00. The third-order valence-corrected chi connectivity index (χ3v) is 5.02. The van der Waals surface area contributed by atoms with Gasteiger partial charge in [-0.25, -0.2) is 4.79 Å². The fraction of sp³-hybridized carbons (Fsp3) is 0.562. The van der Waals surface area contributed by atoms with E-state index in [-0.39, 0.29) is 5.69 Å². The van der Waals surface area contributed by atoms with Crippen LogP contribution in [0.25, 0.3) is 11.0 Å². The van der Waals surface area contributed by atoms with E-state index in [1.54, 1.807) is 0 Å². The zero-order valence-electron chi connectivity index (χ0n) is 12.8. The van der Waals surface area contributed by atoms with Crippen LogP contribution in [0.5, 0.6) is 0 Å². The molecule has 0 amide bonds. The average molecular weight is 273 g/mol. The zero-order valence-corrected chi connectivity index (χ0v) is 12.8. The van der Waals surface area contributed by atoms with Crippen molar-refractivity contribution in [2.45, 2.75) is 46.6 Å². The summed E-state index contributed by atoms with van der Waals surface area (Å²) in [6, 6.07) is 0.317. The van der Waals surface area contributed by atoms with Crippen molar-refractivity contribution in [1.82, 2.24) is 14.9 Å². The van der Waals surface area contributed by atoms with Crippen LogP contribution in [0.3, 0.4) is 0 Å². The summed E-state index contributed by atoms with van der Waals surface area (Å²) in [6.07, 6.45) is 2.05. The first-order valence-electron chi connectivity index (χ1n) is 7.43. The van der Waals surface area contributed by atoms with Gasteiger partial charge in [0.2, 0.25) is 0 Å². The summed E-state index contributed by atoms with van der Waals surface area (Å²) >= 11 is 0. The van der Waals surface area contributed by atoms with Crippen LogP contribution in [0.2, 0.25) is 0 Å². The normalized spacial score (nSPS) is 17.0. The first kappa shape index (κ1) is 13.4. The quantitative estimate of drug-likeness (QED) is 0.838. The molecule has 108 valence electrons. The van der Waals surface area contributed by atoms with Crippen molar-refractivity contribution in [2.24, 2.45) is 0 Å². The number of hydrogen-bond donors (Lipinski definition) is 2. The van der Waals surface area contributed by atoms with Gasteiger partial charge >= 0.3 is 5.69 Å². The molecule has 0 radical (unpaired) electrons. The summed E-state index contributed by atoms with van der Waals surface area (Å²) in [5, 5.41) is 3.37. The van der Waals surface area contributed by atoms with Gasteiger partial charge in [0.05, 0.1) is 11.0 Å². The molecule has 0 aliphatic carbocycles. The minimum atomic E-state index is 0.0445. The molecular weight excluding hydrogens is 250 g/mol. The van der Waals surface area contributed by atoms with Crippen molar-refractivity contribution in [1.29, 1.82) is 0 Å². The second kappa shape index (κ2) is 4.77. The van der Waals surface area contributed by atoms with Crippen LogP contribution in [-0.4, -0.2) is 22.6 Å². The summed E-state index contributed by atoms with van der Waals surface area (Å²) in [5.74, 6) is 0. The lowest BCUT2D eigenvalue weighted by atomic mass is 9.96. The fourth-order valence-electron chi connectivity index (χ4n) is 3.43. The molecule has 20 heavy (non-hydrogen) atoms. The molecule has 0 bridgehead atoms. The molecule has 0 spiro atoms. The molecule has 1 aromatic carbocycles. The number of aryl methyl sites for hydroxylation is 2. The number of hydrogen-bond acceptors (Lipinski definition) is 2. The highest BCUT2D eigenvalue weighted by Crippen LogP contribution is 2.30. The molecule has 4 nitrogen and oxygen atoms in total. The lowest BCUT2D eigenvalue weighted by Crippen LogP contribution is -2.33. The zero-order chi connectivity index (χ0) is 14.4. The van der Waals surface area contributed by atoms with Crippen LogP contribution in [-0.2, 0) is 0 Å². The minimum absolute atomic E-state index is 0.0445. The van der Waals surface area contributed by atoms with Gasteiger partial charge in [0.1, 0.15) is 0 Å². The van der Waals surface area contributed by atoms with E-state index >= 15 is 0 Å². The maximum atomic E-state index is 12.5. The predicted molar refractivity (Wildman–Crippen MR) is 82.6 cm³/mol. The summed E-state index contributed by atoms with van der Waals surface area (Å²) in [4.78, 5) is 15.5. The molecule has 2 aromatic rings. The monoisotopic (exact) mass is 273 g/mol. The number of rotatable bonds is 1. The highest BCUT2D eigenvalue weighted by Gasteiger charge is 2.22. The van der Waals surface area contributed by atoms with Gasteiger partial charge in [0.25, 0.3) is 0 Å². The van der Waals surface area contributed by atoms with E-state index in [0.29, 0.717) is 6.04 Å². The van der Waals surface area contributed by atoms with Crippen molar-refractivity contribution in [3.63, 3.8) is 0 Å². The topological polar surface area (TPSA) is 49.8 Å². The molecule has 1 aliphatic heterocycles. The van der Waals surface area contributed by atoms with Gasteiger partial charge in [-0.3, -0.25) is 4.57 Å². The Morgan fingerprint density at radius 2 is 1.55 bits per heavy atom. The Morgan fingerprint density at radius 1 is 0.950 bits per heavy atom. The number of H-pyrrole nitrogens is 1. The van der Waals surface area contributed by atoms with Gasteiger partial charge in [0.15, 0.2) is 0 Å². The lowest BCUT2D eigenvalue weighted by molar-refractivity contribution is 0.368. The Balaban J connectivity index is 2.32. The molecule has 2 N–H and O–H groups in total. The van der Waals surface area contributed by atoms with Gasteiger partial charge in [-0.1, -0.05) is 0 Å². The largest absolute Gasteiger partial charge is 0.326 e. The third-order valence-electron chi connectivity index (χ3n) is 5.02.